The van der Waals surface area contributed by atoms with E-state index in [9.17, 15) is 14.4 Å². The molecule has 0 saturated carbocycles. The van der Waals surface area contributed by atoms with Gasteiger partial charge < -0.3 is 14.2 Å². The molecule has 1 atom stereocenters. The first-order chi connectivity index (χ1) is 35.5. The maximum atomic E-state index is 12.9. The average Bonchev–Trinajstić information content (AvgIpc) is 3.38. The Morgan fingerprint density at radius 2 is 0.542 bits per heavy atom. The Labute approximate surface area is 446 Å². The summed E-state index contributed by atoms with van der Waals surface area (Å²) in [7, 11) is 0. The lowest BCUT2D eigenvalue weighted by atomic mass is 10.0. The molecule has 0 aliphatic heterocycles. The van der Waals surface area contributed by atoms with Crippen molar-refractivity contribution in [1.82, 2.24) is 0 Å². The Hall–Kier alpha value is -3.15. The molecule has 0 spiro atoms. The highest BCUT2D eigenvalue weighted by Crippen LogP contribution is 2.17. The van der Waals surface area contributed by atoms with Crippen LogP contribution in [0.3, 0.4) is 0 Å². The fourth-order valence-electron chi connectivity index (χ4n) is 8.82. The van der Waals surface area contributed by atoms with Crippen LogP contribution in [0.15, 0.2) is 72.9 Å². The van der Waals surface area contributed by atoms with Crippen LogP contribution in [-0.4, -0.2) is 37.2 Å². The monoisotopic (exact) mass is 1000 g/mol. The van der Waals surface area contributed by atoms with E-state index in [2.05, 4.69) is 93.7 Å². The lowest BCUT2D eigenvalue weighted by Gasteiger charge is -2.18. The smallest absolute Gasteiger partial charge is 0.306 e. The van der Waals surface area contributed by atoms with E-state index in [4.69, 9.17) is 14.2 Å². The molecule has 416 valence electrons. The maximum Gasteiger partial charge on any atom is 0.306 e. The van der Waals surface area contributed by atoms with Crippen molar-refractivity contribution in [3.8, 4) is 0 Å². The Kier molecular flexibility index (Phi) is 57.8. The minimum Gasteiger partial charge on any atom is -0.462 e. The van der Waals surface area contributed by atoms with Crippen LogP contribution in [0, 0.1) is 0 Å². The van der Waals surface area contributed by atoms with E-state index in [1.165, 1.54) is 173 Å². The van der Waals surface area contributed by atoms with Gasteiger partial charge in [-0.1, -0.05) is 273 Å². The summed E-state index contributed by atoms with van der Waals surface area (Å²) in [4.78, 5) is 38.2. The number of ether oxygens (including phenoxy) is 3. The summed E-state index contributed by atoms with van der Waals surface area (Å²) in [5.74, 6) is -0.874. The van der Waals surface area contributed by atoms with Gasteiger partial charge in [-0.2, -0.15) is 0 Å². The number of allylic oxidation sites excluding steroid dienone is 12. The van der Waals surface area contributed by atoms with Crippen LogP contribution < -0.4 is 0 Å². The third kappa shape index (κ3) is 57.7. The van der Waals surface area contributed by atoms with Gasteiger partial charge in [0.05, 0.1) is 0 Å². The molecule has 0 aromatic carbocycles. The molecule has 0 radical (unpaired) electrons. The topological polar surface area (TPSA) is 78.9 Å². The van der Waals surface area contributed by atoms with Crippen molar-refractivity contribution in [1.29, 1.82) is 0 Å². The summed E-state index contributed by atoms with van der Waals surface area (Å²) in [6.45, 7) is 6.52. The van der Waals surface area contributed by atoms with Crippen molar-refractivity contribution < 1.29 is 28.6 Å². The molecule has 1 unspecified atom stereocenters. The van der Waals surface area contributed by atoms with E-state index >= 15 is 0 Å². The van der Waals surface area contributed by atoms with E-state index in [0.29, 0.717) is 19.3 Å². The van der Waals surface area contributed by atoms with Gasteiger partial charge >= 0.3 is 17.9 Å². The molecule has 0 aliphatic rings. The predicted octanol–water partition coefficient (Wildman–Crippen LogP) is 20.9. The third-order valence-corrected chi connectivity index (χ3v) is 13.4. The Morgan fingerprint density at radius 3 is 0.889 bits per heavy atom. The molecule has 0 saturated heterocycles. The minimum atomic E-state index is -0.777. The molecule has 72 heavy (non-hydrogen) atoms. The van der Waals surface area contributed by atoms with Gasteiger partial charge in [-0.25, -0.2) is 0 Å². The van der Waals surface area contributed by atoms with Crippen LogP contribution in [0.4, 0.5) is 0 Å². The quantitative estimate of drug-likeness (QED) is 0.0261. The lowest BCUT2D eigenvalue weighted by molar-refractivity contribution is -0.167. The van der Waals surface area contributed by atoms with Gasteiger partial charge in [-0.05, 0) is 89.9 Å². The summed E-state index contributed by atoms with van der Waals surface area (Å²) >= 11 is 0. The maximum absolute atomic E-state index is 12.9. The van der Waals surface area contributed by atoms with Gasteiger partial charge in [0.15, 0.2) is 6.10 Å². The van der Waals surface area contributed by atoms with Crippen molar-refractivity contribution >= 4 is 17.9 Å². The minimum absolute atomic E-state index is 0.0762. The largest absolute Gasteiger partial charge is 0.462 e. The molecule has 0 bridgehead atoms. The zero-order valence-electron chi connectivity index (χ0n) is 47.7. The highest BCUT2D eigenvalue weighted by Gasteiger charge is 2.19. The SMILES string of the molecule is CC/C=C\C/C=C\C/C=C\C/C=C\C/C=C\CCCCCCCCCCCCCC(=O)OCC(COC(=O)CCCCCCC/C=C\CCCCC)OC(=O)CCCCCCCCCCCCCCCCC. The summed E-state index contributed by atoms with van der Waals surface area (Å²) in [5.41, 5.74) is 0. The van der Waals surface area contributed by atoms with Crippen LogP contribution in [0.2, 0.25) is 0 Å². The van der Waals surface area contributed by atoms with Gasteiger partial charge in [0.1, 0.15) is 13.2 Å². The van der Waals surface area contributed by atoms with E-state index in [1.807, 2.05) is 0 Å². The first-order valence-electron chi connectivity index (χ1n) is 30.9. The van der Waals surface area contributed by atoms with E-state index < -0.39 is 6.10 Å². The van der Waals surface area contributed by atoms with Gasteiger partial charge in [0, 0.05) is 19.3 Å². The highest BCUT2D eigenvalue weighted by molar-refractivity contribution is 5.71. The van der Waals surface area contributed by atoms with Crippen LogP contribution >= 0.6 is 0 Å². The molecular formula is C66H116O6. The number of unbranched alkanes of at least 4 members (excludes halogenated alkanes) is 33. The lowest BCUT2D eigenvalue weighted by Crippen LogP contribution is -2.30. The molecule has 0 aliphatic carbocycles. The zero-order chi connectivity index (χ0) is 52.2. The van der Waals surface area contributed by atoms with Crippen LogP contribution in [0.1, 0.15) is 310 Å². The summed E-state index contributed by atoms with van der Waals surface area (Å²) in [6, 6.07) is 0. The second kappa shape index (κ2) is 60.4. The van der Waals surface area contributed by atoms with E-state index in [-0.39, 0.29) is 31.1 Å². The van der Waals surface area contributed by atoms with Crippen molar-refractivity contribution in [2.45, 2.75) is 316 Å². The fourth-order valence-corrected chi connectivity index (χ4v) is 8.82. The highest BCUT2D eigenvalue weighted by atomic mass is 16.6. The molecule has 0 fully saturated rings. The molecule has 6 heteroatoms. The molecule has 0 N–H and O–H groups in total. The number of rotatable bonds is 56. The number of hydrogen-bond acceptors (Lipinski definition) is 6. The molecule has 0 amide bonds. The van der Waals surface area contributed by atoms with Crippen LogP contribution in [0.5, 0.6) is 0 Å². The molecule has 0 rings (SSSR count). The van der Waals surface area contributed by atoms with Gasteiger partial charge in [-0.15, -0.1) is 0 Å². The van der Waals surface area contributed by atoms with Crippen molar-refractivity contribution in [2.24, 2.45) is 0 Å². The van der Waals surface area contributed by atoms with Crippen molar-refractivity contribution in [3.05, 3.63) is 72.9 Å². The van der Waals surface area contributed by atoms with Crippen molar-refractivity contribution in [3.63, 3.8) is 0 Å². The third-order valence-electron chi connectivity index (χ3n) is 13.4. The second-order valence-corrected chi connectivity index (χ2v) is 20.6. The summed E-state index contributed by atoms with van der Waals surface area (Å²) in [6.07, 6.45) is 77.6. The molecule has 0 heterocycles. The van der Waals surface area contributed by atoms with Crippen LogP contribution in [0.25, 0.3) is 0 Å². The number of esters is 3. The normalized spacial score (nSPS) is 12.5. The van der Waals surface area contributed by atoms with E-state index in [0.717, 1.165) is 96.3 Å². The molecule has 0 aromatic rings. The van der Waals surface area contributed by atoms with E-state index in [1.54, 1.807) is 0 Å². The Bertz CT molecular complexity index is 1340. The molecule has 0 aromatic heterocycles. The Morgan fingerprint density at radius 1 is 0.292 bits per heavy atom. The molecular weight excluding hydrogens is 889 g/mol. The number of carbonyl (C=O) groups excluding carboxylic acids is 3. The second-order valence-electron chi connectivity index (χ2n) is 20.6. The number of carbonyl (C=O) groups is 3. The number of hydrogen-bond donors (Lipinski definition) is 0. The van der Waals surface area contributed by atoms with Gasteiger partial charge in [0.25, 0.3) is 0 Å². The Balaban J connectivity index is 4.24. The summed E-state index contributed by atoms with van der Waals surface area (Å²) in [5, 5.41) is 0. The fraction of sp³-hybridized carbons (Fsp3) is 0.773. The van der Waals surface area contributed by atoms with Gasteiger partial charge in [-0.3, -0.25) is 14.4 Å². The standard InChI is InChI=1S/C66H116O6/c1-4-7-10-13-16-19-22-25-27-28-29-30-31-32-33-34-35-36-37-38-40-41-44-47-50-53-56-59-65(68)71-62-63(61-70-64(67)58-55-52-49-46-43-24-21-18-15-12-9-6-3)72-66(69)60-57-54-51-48-45-42-39-26-23-20-17-14-11-8-5-2/h7,10,16,18-19,21,25,27,29-30,32-33,63H,4-6,8-9,11-15,17,20,22-24,26,28,31,34-62H2,1-3H3/b10-7-,19-16-,21-18-,27-25-,30-29-,33-32-. The first-order valence-corrected chi connectivity index (χ1v) is 30.9. The molecule has 6 nitrogen and oxygen atoms in total. The van der Waals surface area contributed by atoms with Crippen molar-refractivity contribution in [2.75, 3.05) is 13.2 Å². The zero-order valence-corrected chi connectivity index (χ0v) is 47.7. The first kappa shape index (κ1) is 68.8. The van der Waals surface area contributed by atoms with Gasteiger partial charge in [0.2, 0.25) is 0 Å². The average molecular weight is 1010 g/mol. The summed E-state index contributed by atoms with van der Waals surface area (Å²) < 4.78 is 16.9. The predicted molar refractivity (Wildman–Crippen MR) is 311 cm³/mol. The van der Waals surface area contributed by atoms with Crippen LogP contribution in [-0.2, 0) is 28.6 Å².